The molecular formula is C21H24N4O3. The summed E-state index contributed by atoms with van der Waals surface area (Å²) >= 11 is 0. The van der Waals surface area contributed by atoms with E-state index in [4.69, 9.17) is 4.74 Å². The number of benzene rings is 1. The smallest absolute Gasteiger partial charge is 0.258 e. The van der Waals surface area contributed by atoms with E-state index in [-0.39, 0.29) is 17.9 Å². The minimum absolute atomic E-state index is 0.0519. The molecule has 28 heavy (non-hydrogen) atoms. The van der Waals surface area contributed by atoms with Crippen LogP contribution in [-0.2, 0) is 28.9 Å². The summed E-state index contributed by atoms with van der Waals surface area (Å²) < 4.78 is 5.51. The summed E-state index contributed by atoms with van der Waals surface area (Å²) in [5.41, 5.74) is 3.56. The van der Waals surface area contributed by atoms with Crippen LogP contribution in [0.2, 0.25) is 0 Å². The average molecular weight is 380 g/mol. The Kier molecular flexibility index (Phi) is 5.34. The van der Waals surface area contributed by atoms with Gasteiger partial charge >= 0.3 is 0 Å². The number of nitrogens with zero attached hydrogens (tertiary/aromatic N) is 3. The van der Waals surface area contributed by atoms with E-state index in [2.05, 4.69) is 22.2 Å². The number of ether oxygens (including phenoxy) is 1. The van der Waals surface area contributed by atoms with Crippen LogP contribution in [0.3, 0.4) is 0 Å². The monoisotopic (exact) mass is 380 g/mol. The summed E-state index contributed by atoms with van der Waals surface area (Å²) in [6, 6.07) is 7.51. The lowest BCUT2D eigenvalue weighted by Crippen LogP contribution is -2.42. The van der Waals surface area contributed by atoms with Gasteiger partial charge in [-0.1, -0.05) is 19.1 Å². The van der Waals surface area contributed by atoms with Crippen molar-refractivity contribution in [3.8, 4) is 0 Å². The van der Waals surface area contributed by atoms with E-state index < -0.39 is 0 Å². The summed E-state index contributed by atoms with van der Waals surface area (Å²) in [7, 11) is 0. The van der Waals surface area contributed by atoms with Gasteiger partial charge in [-0.2, -0.15) is 0 Å². The maximum atomic E-state index is 12.5. The highest BCUT2D eigenvalue weighted by molar-refractivity contribution is 6.03. The number of carbonyl (C=O) groups is 2. The molecule has 2 aliphatic rings. The molecule has 7 heteroatoms. The van der Waals surface area contributed by atoms with Crippen LogP contribution in [0.25, 0.3) is 0 Å². The molecule has 1 saturated heterocycles. The van der Waals surface area contributed by atoms with Crippen LogP contribution in [0.4, 0.5) is 5.95 Å². The lowest BCUT2D eigenvalue weighted by molar-refractivity contribution is -0.141. The van der Waals surface area contributed by atoms with Crippen molar-refractivity contribution in [3.05, 3.63) is 52.8 Å². The normalized spacial score (nSPS) is 18.6. The third-order valence-corrected chi connectivity index (χ3v) is 5.30. The van der Waals surface area contributed by atoms with E-state index in [1.807, 2.05) is 17.0 Å². The van der Waals surface area contributed by atoms with E-state index >= 15 is 0 Å². The predicted octanol–water partition coefficient (Wildman–Crippen LogP) is 2.35. The SMILES string of the molecule is CCc1ccc(C(=O)Nc2ncc3c(n2)CCN(C(=O)C2CCCO2)C3)cc1. The zero-order valence-electron chi connectivity index (χ0n) is 16.0. The zero-order valence-corrected chi connectivity index (χ0v) is 16.0. The molecule has 3 heterocycles. The van der Waals surface area contributed by atoms with Crippen LogP contribution in [0.1, 0.15) is 46.9 Å². The van der Waals surface area contributed by atoms with Gasteiger partial charge in [0, 0.05) is 43.4 Å². The fourth-order valence-electron chi connectivity index (χ4n) is 3.61. The van der Waals surface area contributed by atoms with Gasteiger partial charge in [0.15, 0.2) is 0 Å². The van der Waals surface area contributed by atoms with Crippen molar-refractivity contribution in [2.75, 3.05) is 18.5 Å². The summed E-state index contributed by atoms with van der Waals surface area (Å²) in [5, 5.41) is 2.76. The van der Waals surface area contributed by atoms with Crippen molar-refractivity contribution in [1.29, 1.82) is 0 Å². The number of carbonyl (C=O) groups excluding carboxylic acids is 2. The summed E-state index contributed by atoms with van der Waals surface area (Å²) in [6.07, 6.45) is 4.71. The topological polar surface area (TPSA) is 84.4 Å². The van der Waals surface area contributed by atoms with Crippen molar-refractivity contribution < 1.29 is 14.3 Å². The molecule has 0 bridgehead atoms. The molecule has 0 aliphatic carbocycles. The highest BCUT2D eigenvalue weighted by Gasteiger charge is 2.30. The van der Waals surface area contributed by atoms with E-state index in [9.17, 15) is 9.59 Å². The number of anilines is 1. The maximum absolute atomic E-state index is 12.5. The van der Waals surface area contributed by atoms with Crippen molar-refractivity contribution >= 4 is 17.8 Å². The van der Waals surface area contributed by atoms with E-state index in [0.29, 0.717) is 37.6 Å². The number of hydrogen-bond donors (Lipinski definition) is 1. The van der Waals surface area contributed by atoms with Crippen LogP contribution < -0.4 is 5.32 Å². The van der Waals surface area contributed by atoms with Gasteiger partial charge in [-0.15, -0.1) is 0 Å². The molecule has 1 N–H and O–H groups in total. The Balaban J connectivity index is 1.41. The van der Waals surface area contributed by atoms with Gasteiger partial charge in [0.05, 0.1) is 5.69 Å². The number of hydrogen-bond acceptors (Lipinski definition) is 5. The van der Waals surface area contributed by atoms with Crippen LogP contribution >= 0.6 is 0 Å². The van der Waals surface area contributed by atoms with Crippen LogP contribution in [0.5, 0.6) is 0 Å². The van der Waals surface area contributed by atoms with Gasteiger partial charge in [-0.3, -0.25) is 14.9 Å². The third-order valence-electron chi connectivity index (χ3n) is 5.30. The predicted molar refractivity (Wildman–Crippen MR) is 104 cm³/mol. The molecule has 0 radical (unpaired) electrons. The molecule has 1 aromatic carbocycles. The van der Waals surface area contributed by atoms with Crippen molar-refractivity contribution in [2.24, 2.45) is 0 Å². The molecule has 4 rings (SSSR count). The largest absolute Gasteiger partial charge is 0.368 e. The average Bonchev–Trinajstić information content (AvgIpc) is 3.27. The second-order valence-corrected chi connectivity index (χ2v) is 7.18. The molecule has 7 nitrogen and oxygen atoms in total. The first-order chi connectivity index (χ1) is 13.6. The fraction of sp³-hybridized carbons (Fsp3) is 0.429. The quantitative estimate of drug-likeness (QED) is 0.880. The number of rotatable bonds is 4. The third kappa shape index (κ3) is 3.89. The number of aryl methyl sites for hydroxylation is 1. The van der Waals surface area contributed by atoms with Gasteiger partial charge in [0.2, 0.25) is 5.95 Å². The lowest BCUT2D eigenvalue weighted by Gasteiger charge is -2.29. The fourth-order valence-corrected chi connectivity index (χ4v) is 3.61. The number of fused-ring (bicyclic) bond motifs is 1. The first-order valence-corrected chi connectivity index (χ1v) is 9.79. The second-order valence-electron chi connectivity index (χ2n) is 7.18. The molecule has 1 fully saturated rings. The number of nitrogens with one attached hydrogen (secondary N) is 1. The molecular weight excluding hydrogens is 356 g/mol. The molecule has 1 aromatic heterocycles. The van der Waals surface area contributed by atoms with Crippen molar-refractivity contribution in [3.63, 3.8) is 0 Å². The summed E-state index contributed by atoms with van der Waals surface area (Å²) in [6.45, 7) is 3.83. The number of aromatic nitrogens is 2. The van der Waals surface area contributed by atoms with Gasteiger partial charge in [0.25, 0.3) is 11.8 Å². The molecule has 2 aliphatic heterocycles. The van der Waals surface area contributed by atoms with Crippen molar-refractivity contribution in [1.82, 2.24) is 14.9 Å². The van der Waals surface area contributed by atoms with Gasteiger partial charge in [-0.05, 0) is 37.0 Å². The lowest BCUT2D eigenvalue weighted by atomic mass is 10.1. The Morgan fingerprint density at radius 3 is 2.82 bits per heavy atom. The highest BCUT2D eigenvalue weighted by atomic mass is 16.5. The highest BCUT2D eigenvalue weighted by Crippen LogP contribution is 2.22. The van der Waals surface area contributed by atoms with Crippen LogP contribution in [-0.4, -0.2) is 45.9 Å². The molecule has 0 saturated carbocycles. The van der Waals surface area contributed by atoms with Crippen LogP contribution in [0.15, 0.2) is 30.5 Å². The summed E-state index contributed by atoms with van der Waals surface area (Å²) in [4.78, 5) is 35.5. The molecule has 146 valence electrons. The van der Waals surface area contributed by atoms with Gasteiger partial charge in [0.1, 0.15) is 6.10 Å². The Bertz CT molecular complexity index is 876. The Hall–Kier alpha value is -2.80. The minimum Gasteiger partial charge on any atom is -0.368 e. The Morgan fingerprint density at radius 2 is 2.11 bits per heavy atom. The Labute approximate surface area is 164 Å². The first-order valence-electron chi connectivity index (χ1n) is 9.79. The van der Waals surface area contributed by atoms with Crippen molar-refractivity contribution in [2.45, 2.75) is 45.3 Å². The molecule has 1 unspecified atom stereocenters. The van der Waals surface area contributed by atoms with Gasteiger partial charge < -0.3 is 9.64 Å². The Morgan fingerprint density at radius 1 is 1.29 bits per heavy atom. The molecule has 0 spiro atoms. The first kappa shape index (κ1) is 18.6. The van der Waals surface area contributed by atoms with E-state index in [1.165, 1.54) is 5.56 Å². The van der Waals surface area contributed by atoms with E-state index in [0.717, 1.165) is 30.5 Å². The molecule has 2 amide bonds. The molecule has 2 aromatic rings. The minimum atomic E-state index is -0.305. The van der Waals surface area contributed by atoms with Crippen LogP contribution in [0, 0.1) is 0 Å². The standard InChI is InChI=1S/C21H24N4O3/c1-2-14-5-7-15(8-6-14)19(26)24-21-22-12-16-13-25(10-9-17(16)23-21)20(27)18-4-3-11-28-18/h5-8,12,18H,2-4,9-11,13H2,1H3,(H,22,23,24,26). The maximum Gasteiger partial charge on any atom is 0.258 e. The zero-order chi connectivity index (χ0) is 19.5. The van der Waals surface area contributed by atoms with Gasteiger partial charge in [-0.25, -0.2) is 9.97 Å². The molecule has 1 atom stereocenters. The second kappa shape index (κ2) is 8.06. The number of amides is 2. The van der Waals surface area contributed by atoms with E-state index in [1.54, 1.807) is 18.3 Å². The summed E-state index contributed by atoms with van der Waals surface area (Å²) in [5.74, 6) is 0.117.